The lowest BCUT2D eigenvalue weighted by atomic mass is 9.92. The lowest BCUT2D eigenvalue weighted by Crippen LogP contribution is -2.41. The molecule has 0 aliphatic heterocycles. The number of benzene rings is 2. The molecule has 2 aromatic rings. The van der Waals surface area contributed by atoms with Gasteiger partial charge < -0.3 is 19.9 Å². The number of ether oxygens (including phenoxy) is 2. The first-order valence-corrected chi connectivity index (χ1v) is 10.1. The van der Waals surface area contributed by atoms with Crippen LogP contribution in [0.5, 0.6) is 5.75 Å². The Balaban J connectivity index is 1.82. The van der Waals surface area contributed by atoms with Crippen molar-refractivity contribution in [3.63, 3.8) is 0 Å². The standard InChI is InChI=1S/C25H31NO5/c1-17(2)19-8-7-9-20(16-19)24(3,4)26-23(28)31-15-14-30-21-12-10-18(11-13-21)22(27)25(5,6)29/h7-13,16,29H,1,14-15H2,2-6H3,(H,26,28). The average molecular weight is 426 g/mol. The molecular formula is C25H31NO5. The molecule has 1 amide bonds. The molecular weight excluding hydrogens is 394 g/mol. The van der Waals surface area contributed by atoms with Crippen molar-refractivity contribution in [2.45, 2.75) is 45.8 Å². The molecule has 6 heteroatoms. The summed E-state index contributed by atoms with van der Waals surface area (Å²) >= 11 is 0. The maximum atomic E-state index is 12.2. The third kappa shape index (κ3) is 6.96. The predicted molar refractivity (Wildman–Crippen MR) is 121 cm³/mol. The number of hydrogen-bond acceptors (Lipinski definition) is 5. The van der Waals surface area contributed by atoms with E-state index >= 15 is 0 Å². The van der Waals surface area contributed by atoms with Crippen LogP contribution in [-0.4, -0.2) is 35.8 Å². The van der Waals surface area contributed by atoms with Crippen LogP contribution in [-0.2, 0) is 10.3 Å². The third-order valence-corrected chi connectivity index (χ3v) is 4.75. The first-order valence-electron chi connectivity index (χ1n) is 10.1. The Morgan fingerprint density at radius 2 is 1.65 bits per heavy atom. The molecule has 0 aliphatic rings. The number of alkyl carbamates (subject to hydrolysis) is 1. The first-order chi connectivity index (χ1) is 14.4. The van der Waals surface area contributed by atoms with Crippen molar-refractivity contribution in [2.75, 3.05) is 13.2 Å². The van der Waals surface area contributed by atoms with E-state index in [1.165, 1.54) is 13.8 Å². The molecule has 0 bridgehead atoms. The number of hydrogen-bond donors (Lipinski definition) is 2. The van der Waals surface area contributed by atoms with Gasteiger partial charge in [0, 0.05) is 5.56 Å². The molecule has 0 saturated carbocycles. The zero-order valence-electron chi connectivity index (χ0n) is 18.8. The Morgan fingerprint density at radius 3 is 2.23 bits per heavy atom. The van der Waals surface area contributed by atoms with Crippen LogP contribution in [0.15, 0.2) is 55.1 Å². The molecule has 2 aromatic carbocycles. The van der Waals surface area contributed by atoms with Crippen molar-refractivity contribution >= 4 is 17.4 Å². The van der Waals surface area contributed by atoms with E-state index in [2.05, 4.69) is 11.9 Å². The lowest BCUT2D eigenvalue weighted by molar-refractivity contribution is 0.0488. The average Bonchev–Trinajstić information content (AvgIpc) is 2.70. The number of nitrogens with one attached hydrogen (secondary N) is 1. The van der Waals surface area contributed by atoms with E-state index < -0.39 is 17.2 Å². The summed E-state index contributed by atoms with van der Waals surface area (Å²) in [5.74, 6) is 0.170. The van der Waals surface area contributed by atoms with Crippen molar-refractivity contribution in [3.8, 4) is 5.75 Å². The minimum atomic E-state index is -1.43. The number of rotatable bonds is 9. The highest BCUT2D eigenvalue weighted by molar-refractivity contribution is 6.01. The predicted octanol–water partition coefficient (Wildman–Crippen LogP) is 4.71. The molecule has 0 unspecified atom stereocenters. The molecule has 166 valence electrons. The summed E-state index contributed by atoms with van der Waals surface area (Å²) in [6.45, 7) is 12.8. The number of aliphatic hydroxyl groups is 1. The molecule has 2 rings (SSSR count). The number of carbonyl (C=O) groups is 2. The maximum absolute atomic E-state index is 12.2. The lowest BCUT2D eigenvalue weighted by Gasteiger charge is -2.27. The molecule has 0 radical (unpaired) electrons. The monoisotopic (exact) mass is 425 g/mol. The van der Waals surface area contributed by atoms with Crippen LogP contribution < -0.4 is 10.1 Å². The van der Waals surface area contributed by atoms with E-state index in [4.69, 9.17) is 9.47 Å². The molecule has 0 fully saturated rings. The molecule has 2 N–H and O–H groups in total. The number of allylic oxidation sites excluding steroid dienone is 1. The Labute approximate surface area is 183 Å². The Hall–Kier alpha value is -3.12. The summed E-state index contributed by atoms with van der Waals surface area (Å²) < 4.78 is 10.8. The highest BCUT2D eigenvalue weighted by Gasteiger charge is 2.25. The zero-order valence-corrected chi connectivity index (χ0v) is 18.8. The normalized spacial score (nSPS) is 11.5. The second-order valence-corrected chi connectivity index (χ2v) is 8.51. The molecule has 0 atom stereocenters. The molecule has 0 heterocycles. The van der Waals surface area contributed by atoms with E-state index in [9.17, 15) is 14.7 Å². The van der Waals surface area contributed by atoms with Crippen LogP contribution >= 0.6 is 0 Å². The van der Waals surface area contributed by atoms with Crippen molar-refractivity contribution in [1.29, 1.82) is 0 Å². The van der Waals surface area contributed by atoms with Crippen LogP contribution in [0, 0.1) is 0 Å². The number of Topliss-reactive ketones (excluding diaryl/α,β-unsaturated/α-hetero) is 1. The third-order valence-electron chi connectivity index (χ3n) is 4.75. The van der Waals surface area contributed by atoms with Crippen LogP contribution in [0.3, 0.4) is 0 Å². The summed E-state index contributed by atoms with van der Waals surface area (Å²) in [5, 5.41) is 12.7. The van der Waals surface area contributed by atoms with Gasteiger partial charge in [-0.15, -0.1) is 0 Å². The quantitative estimate of drug-likeness (QED) is 0.449. The van der Waals surface area contributed by atoms with Crippen molar-refractivity contribution in [1.82, 2.24) is 5.32 Å². The highest BCUT2D eigenvalue weighted by atomic mass is 16.6. The van der Waals surface area contributed by atoms with Gasteiger partial charge >= 0.3 is 6.09 Å². The minimum Gasteiger partial charge on any atom is -0.490 e. The van der Waals surface area contributed by atoms with E-state index in [1.54, 1.807) is 24.3 Å². The van der Waals surface area contributed by atoms with E-state index in [0.717, 1.165) is 16.7 Å². The molecule has 0 aromatic heterocycles. The second-order valence-electron chi connectivity index (χ2n) is 8.51. The summed E-state index contributed by atoms with van der Waals surface area (Å²) in [6, 6.07) is 14.3. The van der Waals surface area contributed by atoms with Gasteiger partial charge in [-0.05, 0) is 76.1 Å². The summed E-state index contributed by atoms with van der Waals surface area (Å²) in [5.41, 5.74) is 1.27. The van der Waals surface area contributed by atoms with Crippen LogP contribution in [0.25, 0.3) is 5.57 Å². The summed E-state index contributed by atoms with van der Waals surface area (Å²) in [7, 11) is 0. The Kier molecular flexibility index (Phi) is 7.63. The highest BCUT2D eigenvalue weighted by Crippen LogP contribution is 2.23. The second kappa shape index (κ2) is 9.79. The van der Waals surface area contributed by atoms with Gasteiger partial charge in [0.2, 0.25) is 0 Å². The van der Waals surface area contributed by atoms with E-state index in [1.807, 2.05) is 45.0 Å². The van der Waals surface area contributed by atoms with Crippen LogP contribution in [0.2, 0.25) is 0 Å². The van der Waals surface area contributed by atoms with Crippen molar-refractivity contribution in [3.05, 3.63) is 71.8 Å². The Bertz CT molecular complexity index is 939. The number of ketones is 1. The first kappa shape index (κ1) is 24.2. The fraction of sp³-hybridized carbons (Fsp3) is 0.360. The number of amides is 1. The largest absolute Gasteiger partial charge is 0.490 e. The fourth-order valence-electron chi connectivity index (χ4n) is 2.89. The van der Waals surface area contributed by atoms with E-state index in [0.29, 0.717) is 11.3 Å². The van der Waals surface area contributed by atoms with Gasteiger partial charge in [-0.25, -0.2) is 4.79 Å². The van der Waals surface area contributed by atoms with E-state index in [-0.39, 0.29) is 19.0 Å². The topological polar surface area (TPSA) is 84.9 Å². The van der Waals surface area contributed by atoms with Gasteiger partial charge in [0.25, 0.3) is 0 Å². The van der Waals surface area contributed by atoms with Crippen molar-refractivity contribution in [2.24, 2.45) is 0 Å². The van der Waals surface area contributed by atoms with Crippen LogP contribution in [0.4, 0.5) is 4.79 Å². The van der Waals surface area contributed by atoms with Gasteiger partial charge in [0.15, 0.2) is 5.78 Å². The smallest absolute Gasteiger partial charge is 0.407 e. The SMILES string of the molecule is C=C(C)c1cccc(C(C)(C)NC(=O)OCCOc2ccc(C(=O)C(C)(C)O)cc2)c1. The molecule has 0 aliphatic carbocycles. The van der Waals surface area contributed by atoms with Gasteiger partial charge in [-0.2, -0.15) is 0 Å². The summed E-state index contributed by atoms with van der Waals surface area (Å²) in [6.07, 6.45) is -0.541. The number of carbonyl (C=O) groups excluding carboxylic acids is 2. The minimum absolute atomic E-state index is 0.0675. The van der Waals surface area contributed by atoms with Gasteiger partial charge in [-0.1, -0.05) is 30.4 Å². The Morgan fingerprint density at radius 1 is 1.00 bits per heavy atom. The van der Waals surface area contributed by atoms with Gasteiger partial charge in [0.1, 0.15) is 24.6 Å². The zero-order chi connectivity index (χ0) is 23.2. The molecule has 31 heavy (non-hydrogen) atoms. The van der Waals surface area contributed by atoms with Gasteiger partial charge in [-0.3, -0.25) is 4.79 Å². The summed E-state index contributed by atoms with van der Waals surface area (Å²) in [4.78, 5) is 24.2. The maximum Gasteiger partial charge on any atom is 0.407 e. The van der Waals surface area contributed by atoms with Gasteiger partial charge in [0.05, 0.1) is 5.54 Å². The van der Waals surface area contributed by atoms with Crippen molar-refractivity contribution < 1.29 is 24.2 Å². The van der Waals surface area contributed by atoms with Crippen LogP contribution in [0.1, 0.15) is 56.1 Å². The fourth-order valence-corrected chi connectivity index (χ4v) is 2.89. The molecule has 0 saturated heterocycles. The molecule has 6 nitrogen and oxygen atoms in total. The molecule has 0 spiro atoms.